The molecule has 0 aliphatic carbocycles. The van der Waals surface area contributed by atoms with Crippen LogP contribution in [0.15, 0.2) is 40.9 Å². The van der Waals surface area contributed by atoms with Gasteiger partial charge in [0.05, 0.1) is 13.0 Å². The summed E-state index contributed by atoms with van der Waals surface area (Å²) in [5.74, 6) is -0.409. The standard InChI is InChI=1S/C19H21BrN2O2/c1-12-7-13(2)19(14(3)8-12)22-18(24)11-21-17(23)10-15-5-4-6-16(20)9-15/h4-9H,10-11H2,1-3H3,(H,21,23)(H,22,24). The van der Waals surface area contributed by atoms with Crippen LogP contribution in [0.1, 0.15) is 22.3 Å². The minimum Gasteiger partial charge on any atom is -0.347 e. The van der Waals surface area contributed by atoms with Crippen LogP contribution in [0.2, 0.25) is 0 Å². The van der Waals surface area contributed by atoms with Crippen LogP contribution in [0.5, 0.6) is 0 Å². The molecule has 0 aliphatic heterocycles. The van der Waals surface area contributed by atoms with Gasteiger partial charge in [-0.1, -0.05) is 45.8 Å². The third kappa shape index (κ3) is 5.20. The molecule has 5 heteroatoms. The molecule has 2 aromatic rings. The molecule has 4 nitrogen and oxygen atoms in total. The molecule has 126 valence electrons. The van der Waals surface area contributed by atoms with E-state index in [9.17, 15) is 9.59 Å². The lowest BCUT2D eigenvalue weighted by atomic mass is 10.1. The number of hydrogen-bond acceptors (Lipinski definition) is 2. The molecule has 0 unspecified atom stereocenters. The Morgan fingerprint density at radius 3 is 2.29 bits per heavy atom. The number of benzene rings is 2. The predicted octanol–water partition coefficient (Wildman–Crippen LogP) is 3.67. The van der Waals surface area contributed by atoms with Gasteiger partial charge in [-0.05, 0) is 49.6 Å². The van der Waals surface area contributed by atoms with Crippen LogP contribution in [0.25, 0.3) is 0 Å². The number of carbonyl (C=O) groups is 2. The average Bonchev–Trinajstić information content (AvgIpc) is 2.49. The fourth-order valence-corrected chi connectivity index (χ4v) is 3.08. The molecule has 2 aromatic carbocycles. The van der Waals surface area contributed by atoms with Crippen LogP contribution in [0, 0.1) is 20.8 Å². The number of rotatable bonds is 5. The molecule has 0 spiro atoms. The summed E-state index contributed by atoms with van der Waals surface area (Å²) in [6, 6.07) is 11.6. The van der Waals surface area contributed by atoms with Crippen LogP contribution in [-0.2, 0) is 16.0 Å². The Kier molecular flexibility index (Phi) is 6.15. The van der Waals surface area contributed by atoms with Crippen molar-refractivity contribution in [1.82, 2.24) is 5.32 Å². The van der Waals surface area contributed by atoms with Gasteiger partial charge in [0.2, 0.25) is 11.8 Å². The second kappa shape index (κ2) is 8.11. The second-order valence-electron chi connectivity index (χ2n) is 5.91. The van der Waals surface area contributed by atoms with Crippen molar-refractivity contribution in [2.75, 3.05) is 11.9 Å². The van der Waals surface area contributed by atoms with E-state index in [4.69, 9.17) is 0 Å². The summed E-state index contributed by atoms with van der Waals surface area (Å²) in [7, 11) is 0. The molecule has 0 saturated carbocycles. The second-order valence-corrected chi connectivity index (χ2v) is 6.82. The van der Waals surface area contributed by atoms with E-state index < -0.39 is 0 Å². The van der Waals surface area contributed by atoms with Gasteiger partial charge >= 0.3 is 0 Å². The highest BCUT2D eigenvalue weighted by Crippen LogP contribution is 2.21. The van der Waals surface area contributed by atoms with Crippen molar-refractivity contribution in [1.29, 1.82) is 0 Å². The lowest BCUT2D eigenvalue weighted by molar-refractivity contribution is -0.123. The van der Waals surface area contributed by atoms with E-state index in [0.717, 1.165) is 32.4 Å². The quantitative estimate of drug-likeness (QED) is 0.820. The zero-order valence-corrected chi connectivity index (χ0v) is 15.7. The van der Waals surface area contributed by atoms with Crippen molar-refractivity contribution in [3.8, 4) is 0 Å². The molecule has 24 heavy (non-hydrogen) atoms. The van der Waals surface area contributed by atoms with Crippen LogP contribution >= 0.6 is 15.9 Å². The summed E-state index contributed by atoms with van der Waals surface area (Å²) in [5, 5.41) is 5.53. The van der Waals surface area contributed by atoms with Crippen LogP contribution in [0.4, 0.5) is 5.69 Å². The fraction of sp³-hybridized carbons (Fsp3) is 0.263. The molecule has 0 fully saturated rings. The van der Waals surface area contributed by atoms with E-state index in [0.29, 0.717) is 0 Å². The Morgan fingerprint density at radius 2 is 1.67 bits per heavy atom. The predicted molar refractivity (Wildman–Crippen MR) is 100 cm³/mol. The van der Waals surface area contributed by atoms with Crippen molar-refractivity contribution in [2.24, 2.45) is 0 Å². The minimum atomic E-state index is -0.229. The molecule has 2 N–H and O–H groups in total. The van der Waals surface area contributed by atoms with Crippen molar-refractivity contribution < 1.29 is 9.59 Å². The third-order valence-corrected chi connectivity index (χ3v) is 4.13. The smallest absolute Gasteiger partial charge is 0.243 e. The molecule has 0 aliphatic rings. The first-order chi connectivity index (χ1) is 11.3. The molecular weight excluding hydrogens is 368 g/mol. The van der Waals surface area contributed by atoms with Gasteiger partial charge in [-0.25, -0.2) is 0 Å². The number of amides is 2. The average molecular weight is 389 g/mol. The van der Waals surface area contributed by atoms with E-state index in [1.54, 1.807) is 0 Å². The number of hydrogen-bond donors (Lipinski definition) is 2. The van der Waals surface area contributed by atoms with Gasteiger partial charge < -0.3 is 10.6 Å². The van der Waals surface area contributed by atoms with Crippen molar-refractivity contribution in [3.63, 3.8) is 0 Å². The molecule has 0 bridgehead atoms. The van der Waals surface area contributed by atoms with Gasteiger partial charge in [-0.3, -0.25) is 9.59 Å². The van der Waals surface area contributed by atoms with Gasteiger partial charge in [-0.15, -0.1) is 0 Å². The molecule has 2 rings (SSSR count). The Hall–Kier alpha value is -2.14. The van der Waals surface area contributed by atoms with Crippen LogP contribution in [-0.4, -0.2) is 18.4 Å². The Bertz CT molecular complexity index is 749. The molecule has 0 atom stereocenters. The number of aryl methyl sites for hydroxylation is 3. The summed E-state index contributed by atoms with van der Waals surface area (Å²) in [6.07, 6.45) is 0.245. The van der Waals surface area contributed by atoms with Gasteiger partial charge in [0.25, 0.3) is 0 Å². The van der Waals surface area contributed by atoms with E-state index in [1.165, 1.54) is 0 Å². The highest BCUT2D eigenvalue weighted by atomic mass is 79.9. The first-order valence-electron chi connectivity index (χ1n) is 7.74. The number of halogens is 1. The van der Waals surface area contributed by atoms with Crippen molar-refractivity contribution in [2.45, 2.75) is 27.2 Å². The SMILES string of the molecule is Cc1cc(C)c(NC(=O)CNC(=O)Cc2cccc(Br)c2)c(C)c1. The number of carbonyl (C=O) groups excluding carboxylic acids is 2. The Morgan fingerprint density at radius 1 is 1.00 bits per heavy atom. The first kappa shape index (κ1) is 18.2. The summed E-state index contributed by atoms with van der Waals surface area (Å²) >= 11 is 3.37. The van der Waals surface area contributed by atoms with E-state index in [-0.39, 0.29) is 24.8 Å². The monoisotopic (exact) mass is 388 g/mol. The maximum atomic E-state index is 12.1. The number of anilines is 1. The maximum Gasteiger partial charge on any atom is 0.243 e. The normalized spacial score (nSPS) is 10.3. The fourth-order valence-electron chi connectivity index (χ4n) is 2.63. The summed E-state index contributed by atoms with van der Waals surface area (Å²) in [6.45, 7) is 5.90. The third-order valence-electron chi connectivity index (χ3n) is 3.64. The van der Waals surface area contributed by atoms with E-state index in [1.807, 2.05) is 57.2 Å². The van der Waals surface area contributed by atoms with Gasteiger partial charge in [0, 0.05) is 10.2 Å². The Balaban J connectivity index is 1.88. The molecule has 0 radical (unpaired) electrons. The molecule has 0 aromatic heterocycles. The largest absolute Gasteiger partial charge is 0.347 e. The molecule has 0 saturated heterocycles. The van der Waals surface area contributed by atoms with Gasteiger partial charge in [0.15, 0.2) is 0 Å². The van der Waals surface area contributed by atoms with Gasteiger partial charge in [0.1, 0.15) is 0 Å². The van der Waals surface area contributed by atoms with Crippen molar-refractivity contribution in [3.05, 3.63) is 63.1 Å². The summed E-state index contributed by atoms with van der Waals surface area (Å²) in [5.41, 5.74) is 4.90. The van der Waals surface area contributed by atoms with E-state index in [2.05, 4.69) is 26.6 Å². The lowest BCUT2D eigenvalue weighted by Gasteiger charge is -2.13. The molecule has 0 heterocycles. The highest BCUT2D eigenvalue weighted by molar-refractivity contribution is 9.10. The van der Waals surface area contributed by atoms with Gasteiger partial charge in [-0.2, -0.15) is 0 Å². The highest BCUT2D eigenvalue weighted by Gasteiger charge is 2.10. The van der Waals surface area contributed by atoms with Crippen LogP contribution in [0.3, 0.4) is 0 Å². The lowest BCUT2D eigenvalue weighted by Crippen LogP contribution is -2.34. The zero-order valence-electron chi connectivity index (χ0n) is 14.1. The molecular formula is C19H21BrN2O2. The van der Waals surface area contributed by atoms with E-state index >= 15 is 0 Å². The zero-order chi connectivity index (χ0) is 17.7. The van der Waals surface area contributed by atoms with Crippen LogP contribution < -0.4 is 10.6 Å². The Labute approximate surface area is 150 Å². The maximum absolute atomic E-state index is 12.1. The molecule has 2 amide bonds. The topological polar surface area (TPSA) is 58.2 Å². The first-order valence-corrected chi connectivity index (χ1v) is 8.53. The summed E-state index contributed by atoms with van der Waals surface area (Å²) in [4.78, 5) is 24.0. The summed E-state index contributed by atoms with van der Waals surface area (Å²) < 4.78 is 0.927. The minimum absolute atomic E-state index is 0.0421. The number of nitrogens with one attached hydrogen (secondary N) is 2. The van der Waals surface area contributed by atoms with Crippen molar-refractivity contribution >= 4 is 33.4 Å².